The standard InChI is InChI=1S/C32H41ClN2O3S/c1-34(39(36,37)31-16-7-4-8-17-31)26-29(28-14-9-15-30(33)25-28)18-22-35-23-20-32(38-2,21-24-35)19-10-13-27-11-5-3-6-12-27/h3-9,11-12,14-17,25,29H,10,13,18-24,26H2,1-2H3/t29-/m1/s1. The number of hydrogen-bond acceptors (Lipinski definition) is 4. The van der Waals surface area contributed by atoms with Gasteiger partial charge in [0.25, 0.3) is 0 Å². The molecule has 1 aliphatic heterocycles. The second kappa shape index (κ2) is 13.9. The van der Waals surface area contributed by atoms with Gasteiger partial charge in [-0.3, -0.25) is 0 Å². The van der Waals surface area contributed by atoms with E-state index in [0.717, 1.165) is 63.7 Å². The fraction of sp³-hybridized carbons (Fsp3) is 0.438. The van der Waals surface area contributed by atoms with Gasteiger partial charge in [0.05, 0.1) is 10.5 Å². The molecular formula is C32H41ClN2O3S. The molecule has 0 aromatic heterocycles. The zero-order valence-electron chi connectivity index (χ0n) is 23.1. The number of likely N-dealkylation sites (N-methyl/N-ethyl adjacent to an activating group) is 1. The normalized spacial score (nSPS) is 16.8. The minimum absolute atomic E-state index is 0.0344. The smallest absolute Gasteiger partial charge is 0.242 e. The maximum Gasteiger partial charge on any atom is 0.242 e. The second-order valence-corrected chi connectivity index (χ2v) is 13.2. The molecule has 4 rings (SSSR count). The Morgan fingerprint density at radius 3 is 2.28 bits per heavy atom. The summed E-state index contributed by atoms with van der Waals surface area (Å²) in [6, 6.07) is 27.1. The largest absolute Gasteiger partial charge is 0.378 e. The summed E-state index contributed by atoms with van der Waals surface area (Å²) in [6.45, 7) is 3.27. The first-order valence-corrected chi connectivity index (χ1v) is 15.7. The first kappa shape index (κ1) is 29.8. The number of halogens is 1. The van der Waals surface area contributed by atoms with Gasteiger partial charge < -0.3 is 9.64 Å². The minimum atomic E-state index is -3.57. The molecular weight excluding hydrogens is 528 g/mol. The SMILES string of the molecule is COC1(CCCc2ccccc2)CCN(CC[C@H](CN(C)S(=O)(=O)c2ccccc2)c2cccc(Cl)c2)CC1. The van der Waals surface area contributed by atoms with Gasteiger partial charge in [-0.1, -0.05) is 72.3 Å². The van der Waals surface area contributed by atoms with E-state index in [2.05, 4.69) is 41.3 Å². The van der Waals surface area contributed by atoms with E-state index >= 15 is 0 Å². The highest BCUT2D eigenvalue weighted by Gasteiger charge is 2.34. The van der Waals surface area contributed by atoms with Gasteiger partial charge in [0.2, 0.25) is 10.0 Å². The third-order valence-electron chi connectivity index (χ3n) is 8.18. The van der Waals surface area contributed by atoms with Crippen molar-refractivity contribution >= 4 is 21.6 Å². The number of likely N-dealkylation sites (tertiary alicyclic amines) is 1. The molecule has 3 aromatic rings. The monoisotopic (exact) mass is 568 g/mol. The van der Waals surface area contributed by atoms with E-state index in [1.807, 2.05) is 31.4 Å². The summed E-state index contributed by atoms with van der Waals surface area (Å²) in [5.74, 6) is 0.0344. The maximum atomic E-state index is 13.2. The molecule has 0 spiro atoms. The van der Waals surface area contributed by atoms with Gasteiger partial charge in [-0.05, 0) is 86.4 Å². The minimum Gasteiger partial charge on any atom is -0.378 e. The Hall–Kier alpha value is -2.22. The molecule has 0 N–H and O–H groups in total. The molecule has 0 radical (unpaired) electrons. The van der Waals surface area contributed by atoms with Crippen molar-refractivity contribution in [1.29, 1.82) is 0 Å². The average Bonchev–Trinajstić information content (AvgIpc) is 2.97. The van der Waals surface area contributed by atoms with Crippen LogP contribution in [0.1, 0.15) is 49.1 Å². The number of aryl methyl sites for hydroxylation is 1. The summed E-state index contributed by atoms with van der Waals surface area (Å²) in [7, 11) is -0.0457. The summed E-state index contributed by atoms with van der Waals surface area (Å²) in [5, 5.41) is 0.671. The highest BCUT2D eigenvalue weighted by Crippen LogP contribution is 2.32. The molecule has 1 atom stereocenters. The van der Waals surface area contributed by atoms with Crippen LogP contribution in [0.25, 0.3) is 0 Å². The van der Waals surface area contributed by atoms with Gasteiger partial charge in [-0.2, -0.15) is 0 Å². The van der Waals surface area contributed by atoms with Crippen LogP contribution >= 0.6 is 11.6 Å². The average molecular weight is 569 g/mol. The van der Waals surface area contributed by atoms with Gasteiger partial charge in [0.15, 0.2) is 0 Å². The van der Waals surface area contributed by atoms with Gasteiger partial charge in [0.1, 0.15) is 0 Å². The zero-order valence-corrected chi connectivity index (χ0v) is 24.7. The lowest BCUT2D eigenvalue weighted by atomic mass is 9.85. The summed E-state index contributed by atoms with van der Waals surface area (Å²) in [4.78, 5) is 2.81. The number of nitrogens with zero attached hydrogens (tertiary/aromatic N) is 2. The topological polar surface area (TPSA) is 49.9 Å². The summed E-state index contributed by atoms with van der Waals surface area (Å²) >= 11 is 6.33. The van der Waals surface area contributed by atoms with Crippen LogP contribution in [-0.4, -0.2) is 63.6 Å². The number of rotatable bonds is 13. The summed E-state index contributed by atoms with van der Waals surface area (Å²) in [6.07, 6.45) is 6.15. The van der Waals surface area contributed by atoms with E-state index in [1.165, 1.54) is 9.87 Å². The number of benzene rings is 3. The Morgan fingerprint density at radius 2 is 1.64 bits per heavy atom. The van der Waals surface area contributed by atoms with Crippen molar-refractivity contribution in [2.75, 3.05) is 40.3 Å². The Labute approximate surface area is 239 Å². The number of sulfonamides is 1. The molecule has 210 valence electrons. The summed E-state index contributed by atoms with van der Waals surface area (Å²) < 4.78 is 34.0. The van der Waals surface area contributed by atoms with E-state index in [4.69, 9.17) is 16.3 Å². The first-order valence-electron chi connectivity index (χ1n) is 13.9. The highest BCUT2D eigenvalue weighted by molar-refractivity contribution is 7.89. The fourth-order valence-electron chi connectivity index (χ4n) is 5.64. The lowest BCUT2D eigenvalue weighted by Crippen LogP contribution is -2.46. The van der Waals surface area contributed by atoms with Crippen LogP contribution in [-0.2, 0) is 21.2 Å². The third kappa shape index (κ3) is 8.15. The van der Waals surface area contributed by atoms with Crippen LogP contribution in [0.15, 0.2) is 89.8 Å². The Morgan fingerprint density at radius 1 is 0.974 bits per heavy atom. The molecule has 0 amide bonds. The lowest BCUT2D eigenvalue weighted by Gasteiger charge is -2.41. The van der Waals surface area contributed by atoms with Gasteiger partial charge >= 0.3 is 0 Å². The van der Waals surface area contributed by atoms with Crippen LogP contribution in [0.2, 0.25) is 5.02 Å². The first-order chi connectivity index (χ1) is 18.8. The summed E-state index contributed by atoms with van der Waals surface area (Å²) in [5.41, 5.74) is 2.40. The quantitative estimate of drug-likeness (QED) is 0.232. The predicted octanol–water partition coefficient (Wildman–Crippen LogP) is 6.64. The van der Waals surface area contributed by atoms with Crippen molar-refractivity contribution in [2.45, 2.75) is 54.9 Å². The predicted molar refractivity (Wildman–Crippen MR) is 160 cm³/mol. The van der Waals surface area contributed by atoms with E-state index in [0.29, 0.717) is 16.5 Å². The molecule has 1 fully saturated rings. The van der Waals surface area contributed by atoms with Crippen LogP contribution in [0.5, 0.6) is 0 Å². The molecule has 3 aromatic carbocycles. The number of ether oxygens (including phenoxy) is 1. The Kier molecular flexibility index (Phi) is 10.6. The van der Waals surface area contributed by atoms with Crippen molar-refractivity contribution in [3.8, 4) is 0 Å². The van der Waals surface area contributed by atoms with Crippen LogP contribution in [0.4, 0.5) is 0 Å². The molecule has 0 saturated carbocycles. The van der Waals surface area contributed by atoms with E-state index in [-0.39, 0.29) is 11.5 Å². The van der Waals surface area contributed by atoms with Crippen molar-refractivity contribution in [2.24, 2.45) is 0 Å². The van der Waals surface area contributed by atoms with Crippen molar-refractivity contribution < 1.29 is 13.2 Å². The molecule has 1 heterocycles. The van der Waals surface area contributed by atoms with Gasteiger partial charge in [-0.25, -0.2) is 12.7 Å². The lowest BCUT2D eigenvalue weighted by molar-refractivity contribution is -0.0639. The van der Waals surface area contributed by atoms with E-state index in [9.17, 15) is 8.42 Å². The van der Waals surface area contributed by atoms with E-state index < -0.39 is 10.0 Å². The molecule has 7 heteroatoms. The third-order valence-corrected chi connectivity index (χ3v) is 10.3. The molecule has 1 saturated heterocycles. The fourth-order valence-corrected chi connectivity index (χ4v) is 7.08. The molecule has 0 bridgehead atoms. The highest BCUT2D eigenvalue weighted by atomic mass is 35.5. The molecule has 39 heavy (non-hydrogen) atoms. The van der Waals surface area contributed by atoms with Gasteiger partial charge in [-0.15, -0.1) is 0 Å². The van der Waals surface area contributed by atoms with E-state index in [1.54, 1.807) is 31.3 Å². The Balaban J connectivity index is 1.35. The molecule has 0 aliphatic carbocycles. The van der Waals surface area contributed by atoms with Crippen molar-refractivity contribution in [3.63, 3.8) is 0 Å². The van der Waals surface area contributed by atoms with Crippen molar-refractivity contribution in [3.05, 3.63) is 101 Å². The number of piperidine rings is 1. The van der Waals surface area contributed by atoms with Crippen LogP contribution in [0, 0.1) is 0 Å². The van der Waals surface area contributed by atoms with Gasteiger partial charge in [0, 0.05) is 38.8 Å². The molecule has 5 nitrogen and oxygen atoms in total. The molecule has 0 unspecified atom stereocenters. The second-order valence-electron chi connectivity index (χ2n) is 10.7. The van der Waals surface area contributed by atoms with Crippen LogP contribution in [0.3, 0.4) is 0 Å². The number of methoxy groups -OCH3 is 1. The number of hydrogen-bond donors (Lipinski definition) is 0. The zero-order chi connectivity index (χ0) is 27.7. The Bertz CT molecular complexity index is 1260. The maximum absolute atomic E-state index is 13.2. The van der Waals surface area contributed by atoms with Crippen molar-refractivity contribution in [1.82, 2.24) is 9.21 Å². The van der Waals surface area contributed by atoms with Crippen LogP contribution < -0.4 is 0 Å². The molecule has 1 aliphatic rings.